The van der Waals surface area contributed by atoms with Crippen LogP contribution in [-0.2, 0) is 0 Å². The lowest BCUT2D eigenvalue weighted by Gasteiger charge is -2.10. The minimum Gasteiger partial charge on any atom is -0.258 e. The molecule has 0 fully saturated rings. The first-order valence-electron chi connectivity index (χ1n) is 5.50. The highest BCUT2D eigenvalue weighted by atomic mass is 14.8. The molecule has 0 radical (unpaired) electrons. The zero-order valence-electron chi connectivity index (χ0n) is 9.62. The first-order chi connectivity index (χ1) is 6.69. The summed E-state index contributed by atoms with van der Waals surface area (Å²) in [7, 11) is 0. The molecule has 0 saturated heterocycles. The van der Waals surface area contributed by atoms with Crippen molar-refractivity contribution in [2.45, 2.75) is 52.4 Å². The fourth-order valence-corrected chi connectivity index (χ4v) is 1.28. The number of hydrogen-bond acceptors (Lipinski definition) is 2. The molecule has 0 spiro atoms. The van der Waals surface area contributed by atoms with Gasteiger partial charge in [-0.2, -0.15) is 0 Å². The molecule has 0 aromatic carbocycles. The molecule has 2 heteroatoms. The van der Waals surface area contributed by atoms with Crippen LogP contribution >= 0.6 is 0 Å². The van der Waals surface area contributed by atoms with E-state index in [1.54, 1.807) is 0 Å². The predicted molar refractivity (Wildman–Crippen MR) is 59.4 cm³/mol. The first kappa shape index (κ1) is 11.2. The van der Waals surface area contributed by atoms with Crippen molar-refractivity contribution in [3.05, 3.63) is 23.8 Å². The summed E-state index contributed by atoms with van der Waals surface area (Å²) in [6.45, 7) is 8.73. The molecule has 1 aromatic heterocycles. The van der Waals surface area contributed by atoms with E-state index in [-0.39, 0.29) is 0 Å². The third-order valence-corrected chi connectivity index (χ3v) is 2.93. The van der Waals surface area contributed by atoms with E-state index in [2.05, 4.69) is 37.7 Å². The third kappa shape index (κ3) is 2.53. The van der Waals surface area contributed by atoms with E-state index in [9.17, 15) is 0 Å². The average molecular weight is 192 g/mol. The van der Waals surface area contributed by atoms with Crippen molar-refractivity contribution in [3.8, 4) is 0 Å². The maximum atomic E-state index is 4.46. The van der Waals surface area contributed by atoms with Gasteiger partial charge >= 0.3 is 0 Å². The van der Waals surface area contributed by atoms with Crippen molar-refractivity contribution < 1.29 is 0 Å². The summed E-state index contributed by atoms with van der Waals surface area (Å²) in [5.41, 5.74) is 2.22. The van der Waals surface area contributed by atoms with Crippen molar-refractivity contribution in [2.75, 3.05) is 0 Å². The highest BCUT2D eigenvalue weighted by Crippen LogP contribution is 2.18. The molecule has 14 heavy (non-hydrogen) atoms. The molecule has 0 aliphatic rings. The van der Waals surface area contributed by atoms with Gasteiger partial charge in [-0.05, 0) is 24.7 Å². The van der Waals surface area contributed by atoms with E-state index in [0.717, 1.165) is 24.2 Å². The van der Waals surface area contributed by atoms with Crippen LogP contribution in [0.4, 0.5) is 0 Å². The smallest absolute Gasteiger partial charge is 0.0614 e. The van der Waals surface area contributed by atoms with Gasteiger partial charge in [0.25, 0.3) is 0 Å². The normalized spacial score (nSPS) is 15.1. The van der Waals surface area contributed by atoms with E-state index in [4.69, 9.17) is 0 Å². The Labute approximate surface area is 86.8 Å². The Kier molecular flexibility index (Phi) is 4.05. The largest absolute Gasteiger partial charge is 0.258 e. The van der Waals surface area contributed by atoms with Crippen molar-refractivity contribution in [1.29, 1.82) is 0 Å². The first-order valence-corrected chi connectivity index (χ1v) is 5.50. The molecule has 0 saturated carbocycles. The molecular formula is C12H20N2. The summed E-state index contributed by atoms with van der Waals surface area (Å²) in [4.78, 5) is 8.91. The highest BCUT2D eigenvalue weighted by molar-refractivity contribution is 5.09. The van der Waals surface area contributed by atoms with Gasteiger partial charge in [-0.25, -0.2) is 0 Å². The minimum atomic E-state index is 0.522. The van der Waals surface area contributed by atoms with Gasteiger partial charge in [0.05, 0.1) is 11.4 Å². The van der Waals surface area contributed by atoms with E-state index < -0.39 is 0 Å². The molecular weight excluding hydrogens is 172 g/mol. The zero-order chi connectivity index (χ0) is 10.6. The molecule has 0 bridgehead atoms. The van der Waals surface area contributed by atoms with Crippen molar-refractivity contribution in [1.82, 2.24) is 9.97 Å². The quantitative estimate of drug-likeness (QED) is 0.729. The fourth-order valence-electron chi connectivity index (χ4n) is 1.28. The molecule has 0 N–H and O–H groups in total. The molecule has 1 aromatic rings. The highest BCUT2D eigenvalue weighted by Gasteiger charge is 2.07. The molecule has 78 valence electrons. The fraction of sp³-hybridized carbons (Fsp3) is 0.667. The monoisotopic (exact) mass is 192 g/mol. The van der Waals surface area contributed by atoms with Crippen LogP contribution < -0.4 is 0 Å². The standard InChI is InChI=1S/C12H20N2/c1-5-9(3)11-7-14-12(8-13-11)10(4)6-2/h7-10H,5-6H2,1-4H3. The van der Waals surface area contributed by atoms with Gasteiger partial charge in [-0.15, -0.1) is 0 Å². The van der Waals surface area contributed by atoms with Gasteiger partial charge < -0.3 is 0 Å². The van der Waals surface area contributed by atoms with Gasteiger partial charge in [0.2, 0.25) is 0 Å². The Morgan fingerprint density at radius 1 is 0.929 bits per heavy atom. The maximum Gasteiger partial charge on any atom is 0.0614 e. The summed E-state index contributed by atoms with van der Waals surface area (Å²) >= 11 is 0. The van der Waals surface area contributed by atoms with Crippen LogP contribution in [0.2, 0.25) is 0 Å². The van der Waals surface area contributed by atoms with Crippen LogP contribution in [0.1, 0.15) is 63.8 Å². The Morgan fingerprint density at radius 2 is 1.29 bits per heavy atom. The van der Waals surface area contributed by atoms with Crippen molar-refractivity contribution in [2.24, 2.45) is 0 Å². The topological polar surface area (TPSA) is 25.8 Å². The zero-order valence-corrected chi connectivity index (χ0v) is 9.62. The van der Waals surface area contributed by atoms with Gasteiger partial charge in [0.15, 0.2) is 0 Å². The molecule has 1 heterocycles. The van der Waals surface area contributed by atoms with Gasteiger partial charge in [0.1, 0.15) is 0 Å². The van der Waals surface area contributed by atoms with Crippen LogP contribution in [0.15, 0.2) is 12.4 Å². The second-order valence-electron chi connectivity index (χ2n) is 3.98. The Balaban J connectivity index is 2.78. The van der Waals surface area contributed by atoms with E-state index in [1.807, 2.05) is 12.4 Å². The van der Waals surface area contributed by atoms with Gasteiger partial charge in [-0.3, -0.25) is 9.97 Å². The van der Waals surface area contributed by atoms with E-state index in [1.165, 1.54) is 0 Å². The van der Waals surface area contributed by atoms with Crippen LogP contribution in [0, 0.1) is 0 Å². The van der Waals surface area contributed by atoms with Gasteiger partial charge in [-0.1, -0.05) is 27.7 Å². The third-order valence-electron chi connectivity index (χ3n) is 2.93. The average Bonchev–Trinajstić information content (AvgIpc) is 2.27. The summed E-state index contributed by atoms with van der Waals surface area (Å²) < 4.78 is 0. The van der Waals surface area contributed by atoms with E-state index in [0.29, 0.717) is 11.8 Å². The minimum absolute atomic E-state index is 0.522. The van der Waals surface area contributed by atoms with Crippen LogP contribution in [-0.4, -0.2) is 9.97 Å². The van der Waals surface area contributed by atoms with Crippen molar-refractivity contribution >= 4 is 0 Å². The molecule has 2 atom stereocenters. The SMILES string of the molecule is CCC(C)c1cnc(C(C)CC)cn1. The number of hydrogen-bond donors (Lipinski definition) is 0. The molecule has 2 unspecified atom stereocenters. The molecule has 1 rings (SSSR count). The second-order valence-corrected chi connectivity index (χ2v) is 3.98. The van der Waals surface area contributed by atoms with Crippen molar-refractivity contribution in [3.63, 3.8) is 0 Å². The van der Waals surface area contributed by atoms with Crippen LogP contribution in [0.5, 0.6) is 0 Å². The lowest BCUT2D eigenvalue weighted by Crippen LogP contribution is -2.01. The Morgan fingerprint density at radius 3 is 1.50 bits per heavy atom. The summed E-state index contributed by atoms with van der Waals surface area (Å²) in [6.07, 6.45) is 6.10. The molecule has 2 nitrogen and oxygen atoms in total. The van der Waals surface area contributed by atoms with Gasteiger partial charge in [0, 0.05) is 12.4 Å². The Bertz CT molecular complexity index is 237. The number of nitrogens with zero attached hydrogens (tertiary/aromatic N) is 2. The van der Waals surface area contributed by atoms with Crippen LogP contribution in [0.3, 0.4) is 0 Å². The number of rotatable bonds is 4. The summed E-state index contributed by atoms with van der Waals surface area (Å²) in [5, 5.41) is 0. The number of aromatic nitrogens is 2. The molecule has 0 aliphatic carbocycles. The molecule has 0 aliphatic heterocycles. The lowest BCUT2D eigenvalue weighted by atomic mass is 10.0. The molecule has 0 amide bonds. The lowest BCUT2D eigenvalue weighted by molar-refractivity contribution is 0.672. The van der Waals surface area contributed by atoms with E-state index >= 15 is 0 Å². The Hall–Kier alpha value is -0.920. The van der Waals surface area contributed by atoms with Crippen LogP contribution in [0.25, 0.3) is 0 Å². The second kappa shape index (κ2) is 5.08. The summed E-state index contributed by atoms with van der Waals surface area (Å²) in [5.74, 6) is 1.04. The predicted octanol–water partition coefficient (Wildman–Crippen LogP) is 3.50. The maximum absolute atomic E-state index is 4.46. The summed E-state index contributed by atoms with van der Waals surface area (Å²) in [6, 6.07) is 0.